The van der Waals surface area contributed by atoms with E-state index in [-0.39, 0.29) is 6.61 Å². The predicted molar refractivity (Wildman–Crippen MR) is 44.8 cm³/mol. The molecule has 1 N–H and O–H groups in total. The van der Waals surface area contributed by atoms with Gasteiger partial charge in [0, 0.05) is 0 Å². The first-order valence-corrected chi connectivity index (χ1v) is 3.32. The molecule has 0 aliphatic heterocycles. The lowest BCUT2D eigenvalue weighted by atomic mass is 10.1. The number of hydrogen-bond donors (Lipinski definition) is 1. The van der Waals surface area contributed by atoms with Crippen LogP contribution in [0.1, 0.15) is 13.8 Å². The van der Waals surface area contributed by atoms with Crippen molar-refractivity contribution < 1.29 is 5.11 Å². The van der Waals surface area contributed by atoms with E-state index in [1.807, 2.05) is 26.0 Å². The zero-order valence-electron chi connectivity index (χ0n) is 6.59. The Morgan fingerprint density at radius 2 is 2.20 bits per heavy atom. The van der Waals surface area contributed by atoms with Gasteiger partial charge in [-0.15, -0.1) is 0 Å². The van der Waals surface area contributed by atoms with Crippen molar-refractivity contribution in [1.29, 1.82) is 0 Å². The second kappa shape index (κ2) is 5.00. The molecule has 0 radical (unpaired) electrons. The highest BCUT2D eigenvalue weighted by Gasteiger charge is 1.93. The lowest BCUT2D eigenvalue weighted by Crippen LogP contribution is -1.90. The molecule has 0 bridgehead atoms. The van der Waals surface area contributed by atoms with Crippen molar-refractivity contribution in [3.63, 3.8) is 0 Å². The van der Waals surface area contributed by atoms with Crippen molar-refractivity contribution in [3.8, 4) is 0 Å². The van der Waals surface area contributed by atoms with E-state index in [1.165, 1.54) is 0 Å². The highest BCUT2D eigenvalue weighted by atomic mass is 16.3. The van der Waals surface area contributed by atoms with Crippen LogP contribution in [0.15, 0.2) is 36.0 Å². The third-order valence-corrected chi connectivity index (χ3v) is 1.39. The molecular weight excluding hydrogens is 124 g/mol. The largest absolute Gasteiger partial charge is 0.392 e. The van der Waals surface area contributed by atoms with Crippen LogP contribution in [0.3, 0.4) is 0 Å². The first kappa shape index (κ1) is 9.18. The normalized spacial score (nSPS) is 13.5. The molecule has 0 aromatic heterocycles. The third-order valence-electron chi connectivity index (χ3n) is 1.39. The highest BCUT2D eigenvalue weighted by molar-refractivity contribution is 5.31. The summed E-state index contributed by atoms with van der Waals surface area (Å²) in [5.74, 6) is 0. The molecular formula is C9H14O. The number of rotatable bonds is 3. The molecule has 0 unspecified atom stereocenters. The summed E-state index contributed by atoms with van der Waals surface area (Å²) < 4.78 is 0. The highest BCUT2D eigenvalue weighted by Crippen LogP contribution is 2.07. The molecule has 1 heteroatoms. The fraction of sp³-hybridized carbons (Fsp3) is 0.333. The van der Waals surface area contributed by atoms with Crippen LogP contribution in [-0.4, -0.2) is 11.7 Å². The zero-order chi connectivity index (χ0) is 7.98. The first-order valence-electron chi connectivity index (χ1n) is 3.32. The third kappa shape index (κ3) is 2.65. The van der Waals surface area contributed by atoms with Crippen LogP contribution in [0.5, 0.6) is 0 Å². The van der Waals surface area contributed by atoms with Crippen molar-refractivity contribution in [1.82, 2.24) is 0 Å². The Balaban J connectivity index is 4.30. The van der Waals surface area contributed by atoms with Crippen molar-refractivity contribution in [2.75, 3.05) is 6.61 Å². The van der Waals surface area contributed by atoms with Crippen LogP contribution in [0.2, 0.25) is 0 Å². The summed E-state index contributed by atoms with van der Waals surface area (Å²) in [6.45, 7) is 7.53. The van der Waals surface area contributed by atoms with Gasteiger partial charge in [-0.05, 0) is 25.0 Å². The van der Waals surface area contributed by atoms with E-state index in [9.17, 15) is 0 Å². The summed E-state index contributed by atoms with van der Waals surface area (Å²) >= 11 is 0. The fourth-order valence-corrected chi connectivity index (χ4v) is 0.727. The van der Waals surface area contributed by atoms with E-state index < -0.39 is 0 Å². The molecule has 0 fully saturated rings. The predicted octanol–water partition coefficient (Wildman–Crippen LogP) is 2.06. The van der Waals surface area contributed by atoms with Gasteiger partial charge in [0.2, 0.25) is 0 Å². The molecule has 0 aromatic rings. The molecule has 1 nitrogen and oxygen atoms in total. The molecule has 56 valence electrons. The maximum absolute atomic E-state index is 8.78. The minimum atomic E-state index is 0.104. The molecule has 0 rings (SSSR count). The van der Waals surface area contributed by atoms with E-state index >= 15 is 0 Å². The number of aliphatic hydroxyl groups is 1. The van der Waals surface area contributed by atoms with E-state index in [0.29, 0.717) is 0 Å². The second-order valence-electron chi connectivity index (χ2n) is 2.06. The lowest BCUT2D eigenvalue weighted by molar-refractivity contribution is 0.333. The Morgan fingerprint density at radius 3 is 2.50 bits per heavy atom. The van der Waals surface area contributed by atoms with E-state index in [2.05, 4.69) is 6.58 Å². The van der Waals surface area contributed by atoms with Gasteiger partial charge in [-0.2, -0.15) is 0 Å². The summed E-state index contributed by atoms with van der Waals surface area (Å²) in [7, 11) is 0. The van der Waals surface area contributed by atoms with Crippen LogP contribution < -0.4 is 0 Å². The van der Waals surface area contributed by atoms with Gasteiger partial charge in [-0.1, -0.05) is 24.8 Å². The lowest BCUT2D eigenvalue weighted by Gasteiger charge is -2.00. The van der Waals surface area contributed by atoms with Gasteiger partial charge in [0.05, 0.1) is 6.61 Å². The molecule has 0 saturated heterocycles. The van der Waals surface area contributed by atoms with Crippen LogP contribution in [-0.2, 0) is 0 Å². The van der Waals surface area contributed by atoms with Crippen molar-refractivity contribution in [3.05, 3.63) is 36.0 Å². The average Bonchev–Trinajstić information content (AvgIpc) is 1.91. The van der Waals surface area contributed by atoms with Gasteiger partial charge in [-0.25, -0.2) is 0 Å². The minimum absolute atomic E-state index is 0.104. The second-order valence-corrected chi connectivity index (χ2v) is 2.06. The minimum Gasteiger partial charge on any atom is -0.392 e. The van der Waals surface area contributed by atoms with Gasteiger partial charge < -0.3 is 5.11 Å². The molecule has 0 aliphatic carbocycles. The Hall–Kier alpha value is -0.820. The summed E-state index contributed by atoms with van der Waals surface area (Å²) in [6.07, 6.45) is 5.50. The number of allylic oxidation sites excluding steroid dienone is 3. The summed E-state index contributed by atoms with van der Waals surface area (Å²) in [5, 5.41) is 8.78. The van der Waals surface area contributed by atoms with Crippen molar-refractivity contribution >= 4 is 0 Å². The fourth-order valence-electron chi connectivity index (χ4n) is 0.727. The van der Waals surface area contributed by atoms with Gasteiger partial charge in [0.25, 0.3) is 0 Å². The van der Waals surface area contributed by atoms with Crippen molar-refractivity contribution in [2.45, 2.75) is 13.8 Å². The molecule has 0 aromatic carbocycles. The first-order chi connectivity index (χ1) is 4.76. The topological polar surface area (TPSA) is 20.2 Å². The van der Waals surface area contributed by atoms with E-state index in [4.69, 9.17) is 5.11 Å². The molecule has 0 heterocycles. The molecule has 0 aliphatic rings. The van der Waals surface area contributed by atoms with Crippen LogP contribution in [0.4, 0.5) is 0 Å². The van der Waals surface area contributed by atoms with E-state index in [0.717, 1.165) is 11.1 Å². The van der Waals surface area contributed by atoms with E-state index in [1.54, 1.807) is 6.08 Å². The molecule has 0 atom stereocenters. The zero-order valence-corrected chi connectivity index (χ0v) is 6.59. The summed E-state index contributed by atoms with van der Waals surface area (Å²) in [6, 6.07) is 0. The number of hydrogen-bond acceptors (Lipinski definition) is 1. The maximum Gasteiger partial charge on any atom is 0.0681 e. The SMILES string of the molecule is C=C/C=C(C)\C(=C/C)CO. The van der Waals surface area contributed by atoms with Crippen LogP contribution >= 0.6 is 0 Å². The molecule has 10 heavy (non-hydrogen) atoms. The molecule has 0 spiro atoms. The average molecular weight is 138 g/mol. The smallest absolute Gasteiger partial charge is 0.0681 e. The van der Waals surface area contributed by atoms with Crippen molar-refractivity contribution in [2.24, 2.45) is 0 Å². The van der Waals surface area contributed by atoms with Crippen LogP contribution in [0, 0.1) is 0 Å². The van der Waals surface area contributed by atoms with Gasteiger partial charge in [0.15, 0.2) is 0 Å². The quantitative estimate of drug-likeness (QED) is 0.592. The van der Waals surface area contributed by atoms with Gasteiger partial charge in [0.1, 0.15) is 0 Å². The maximum atomic E-state index is 8.78. The number of aliphatic hydroxyl groups excluding tert-OH is 1. The Kier molecular flexibility index (Phi) is 4.59. The van der Waals surface area contributed by atoms with Crippen LogP contribution in [0.25, 0.3) is 0 Å². The summed E-state index contributed by atoms with van der Waals surface area (Å²) in [4.78, 5) is 0. The van der Waals surface area contributed by atoms with Gasteiger partial charge in [-0.3, -0.25) is 0 Å². The summed E-state index contributed by atoms with van der Waals surface area (Å²) in [5.41, 5.74) is 2.03. The van der Waals surface area contributed by atoms with Gasteiger partial charge >= 0.3 is 0 Å². The monoisotopic (exact) mass is 138 g/mol. The molecule has 0 saturated carbocycles. The Morgan fingerprint density at radius 1 is 1.60 bits per heavy atom. The Labute approximate surface area is 62.4 Å². The molecule has 0 amide bonds. The standard InChI is InChI=1S/C9H14O/c1-4-6-8(3)9(5-2)7-10/h4-6,10H,1,7H2,2-3H3/b8-6-,9-5-. The Bertz CT molecular complexity index is 164.